The highest BCUT2D eigenvalue weighted by molar-refractivity contribution is 5.96. The van der Waals surface area contributed by atoms with Crippen LogP contribution in [0.4, 0.5) is 9.18 Å². The second-order valence-corrected chi connectivity index (χ2v) is 7.65. The molecule has 6 nitrogen and oxygen atoms in total. The van der Waals surface area contributed by atoms with Gasteiger partial charge in [0, 0.05) is 19.6 Å². The molecule has 2 amide bonds. The number of hydrogen-bond donors (Lipinski definition) is 2. The Morgan fingerprint density at radius 2 is 1.76 bits per heavy atom. The molecule has 0 fully saturated rings. The van der Waals surface area contributed by atoms with Gasteiger partial charge in [0.05, 0.1) is 5.56 Å². The maximum atomic E-state index is 13.2. The average Bonchev–Trinajstić information content (AvgIpc) is 2.64. The number of para-hydroxylation sites is 1. The van der Waals surface area contributed by atoms with Gasteiger partial charge < -0.3 is 20.1 Å². The zero-order valence-electron chi connectivity index (χ0n) is 16.9. The fourth-order valence-corrected chi connectivity index (χ4v) is 2.66. The van der Waals surface area contributed by atoms with E-state index in [4.69, 9.17) is 4.74 Å². The van der Waals surface area contributed by atoms with E-state index in [-0.39, 0.29) is 29.6 Å². The van der Waals surface area contributed by atoms with Gasteiger partial charge in [-0.25, -0.2) is 9.18 Å². The van der Waals surface area contributed by atoms with Crippen LogP contribution in [0.1, 0.15) is 43.1 Å². The molecule has 2 N–H and O–H groups in total. The van der Waals surface area contributed by atoms with Gasteiger partial charge in [-0.15, -0.1) is 0 Å². The summed E-state index contributed by atoms with van der Waals surface area (Å²) >= 11 is 0. The van der Waals surface area contributed by atoms with Crippen LogP contribution in [0.3, 0.4) is 0 Å². The van der Waals surface area contributed by atoms with E-state index in [9.17, 15) is 19.1 Å². The van der Waals surface area contributed by atoms with E-state index in [1.54, 1.807) is 56.0 Å². The Bertz CT molecular complexity index is 831. The zero-order chi connectivity index (χ0) is 21.4. The van der Waals surface area contributed by atoms with Crippen molar-refractivity contribution in [2.45, 2.75) is 39.3 Å². The molecule has 29 heavy (non-hydrogen) atoms. The first-order chi connectivity index (χ1) is 13.7. The highest BCUT2D eigenvalue weighted by Gasteiger charge is 2.20. The molecule has 0 saturated heterocycles. The Balaban J connectivity index is 2.02. The molecule has 0 radical (unpaired) electrons. The molecule has 0 aromatic heterocycles. The van der Waals surface area contributed by atoms with Gasteiger partial charge in [0.2, 0.25) is 0 Å². The molecule has 2 rings (SSSR count). The number of nitrogens with one attached hydrogen (secondary N) is 1. The van der Waals surface area contributed by atoms with E-state index < -0.39 is 11.7 Å². The standard InChI is InChI=1S/C22H27FN2O4/c1-22(2,3)29-21(28)24-13-6-14-25(15-16-9-11-17(23)12-10-16)20(27)18-7-4-5-8-19(18)26/h4-5,7-12,26H,6,13-15H2,1-3H3,(H,24,28). The van der Waals surface area contributed by atoms with E-state index in [2.05, 4.69) is 5.32 Å². The summed E-state index contributed by atoms with van der Waals surface area (Å²) in [5.41, 5.74) is 0.365. The summed E-state index contributed by atoms with van der Waals surface area (Å²) in [5.74, 6) is -0.799. The highest BCUT2D eigenvalue weighted by atomic mass is 19.1. The summed E-state index contributed by atoms with van der Waals surface area (Å²) in [6, 6.07) is 12.2. The van der Waals surface area contributed by atoms with Gasteiger partial charge >= 0.3 is 6.09 Å². The van der Waals surface area contributed by atoms with Crippen molar-refractivity contribution in [1.29, 1.82) is 0 Å². The van der Waals surface area contributed by atoms with Crippen molar-refractivity contribution in [3.63, 3.8) is 0 Å². The van der Waals surface area contributed by atoms with Gasteiger partial charge in [-0.2, -0.15) is 0 Å². The van der Waals surface area contributed by atoms with E-state index in [0.29, 0.717) is 19.5 Å². The summed E-state index contributed by atoms with van der Waals surface area (Å²) in [5, 5.41) is 12.7. The third-order valence-electron chi connectivity index (χ3n) is 3.98. The van der Waals surface area contributed by atoms with Crippen molar-refractivity contribution < 1.29 is 23.8 Å². The normalized spacial score (nSPS) is 11.0. The lowest BCUT2D eigenvalue weighted by Gasteiger charge is -2.24. The second-order valence-electron chi connectivity index (χ2n) is 7.65. The second kappa shape index (κ2) is 9.91. The molecule has 0 saturated carbocycles. The molecule has 0 aliphatic heterocycles. The van der Waals surface area contributed by atoms with Crippen molar-refractivity contribution in [1.82, 2.24) is 10.2 Å². The Morgan fingerprint density at radius 1 is 1.10 bits per heavy atom. The van der Waals surface area contributed by atoms with E-state index >= 15 is 0 Å². The lowest BCUT2D eigenvalue weighted by atomic mass is 10.1. The molecule has 0 atom stereocenters. The molecular weight excluding hydrogens is 375 g/mol. The van der Waals surface area contributed by atoms with Gasteiger partial charge in [0.15, 0.2) is 0 Å². The number of rotatable bonds is 7. The number of nitrogens with zero attached hydrogens (tertiary/aromatic N) is 1. The van der Waals surface area contributed by atoms with Gasteiger partial charge in [-0.3, -0.25) is 4.79 Å². The van der Waals surface area contributed by atoms with Crippen molar-refractivity contribution in [3.05, 3.63) is 65.5 Å². The van der Waals surface area contributed by atoms with Crippen LogP contribution < -0.4 is 5.32 Å². The molecule has 0 heterocycles. The largest absolute Gasteiger partial charge is 0.507 e. The molecule has 0 aliphatic carbocycles. The molecule has 2 aromatic carbocycles. The van der Waals surface area contributed by atoms with Gasteiger partial charge in [0.1, 0.15) is 17.2 Å². The van der Waals surface area contributed by atoms with E-state index in [1.807, 2.05) is 0 Å². The highest BCUT2D eigenvalue weighted by Crippen LogP contribution is 2.19. The minimum Gasteiger partial charge on any atom is -0.507 e. The monoisotopic (exact) mass is 402 g/mol. The van der Waals surface area contributed by atoms with Crippen molar-refractivity contribution in [2.24, 2.45) is 0 Å². The maximum Gasteiger partial charge on any atom is 0.407 e. The molecule has 0 bridgehead atoms. The summed E-state index contributed by atoms with van der Waals surface area (Å²) < 4.78 is 18.4. The molecule has 2 aromatic rings. The predicted molar refractivity (Wildman–Crippen MR) is 108 cm³/mol. The summed E-state index contributed by atoms with van der Waals surface area (Å²) in [6.45, 7) is 6.25. The third kappa shape index (κ3) is 7.44. The van der Waals surface area contributed by atoms with Crippen LogP contribution in [0.25, 0.3) is 0 Å². The molecule has 0 spiro atoms. The zero-order valence-corrected chi connectivity index (χ0v) is 16.9. The number of phenolic OH excluding ortho intramolecular Hbond substituents is 1. The lowest BCUT2D eigenvalue weighted by molar-refractivity contribution is 0.0525. The molecular formula is C22H27FN2O4. The number of alkyl carbamates (subject to hydrolysis) is 1. The summed E-state index contributed by atoms with van der Waals surface area (Å²) in [4.78, 5) is 26.2. The average molecular weight is 402 g/mol. The first-order valence-corrected chi connectivity index (χ1v) is 9.44. The van der Waals surface area contributed by atoms with Crippen LogP contribution in [-0.2, 0) is 11.3 Å². The smallest absolute Gasteiger partial charge is 0.407 e. The van der Waals surface area contributed by atoms with Crippen LogP contribution in [0, 0.1) is 5.82 Å². The van der Waals surface area contributed by atoms with Crippen LogP contribution in [0.5, 0.6) is 5.75 Å². The maximum absolute atomic E-state index is 13.2. The third-order valence-corrected chi connectivity index (χ3v) is 3.98. The number of halogens is 1. The first-order valence-electron chi connectivity index (χ1n) is 9.44. The minimum atomic E-state index is -0.584. The number of amides is 2. The first kappa shape index (κ1) is 22.2. The molecule has 156 valence electrons. The fraction of sp³-hybridized carbons (Fsp3) is 0.364. The minimum absolute atomic E-state index is 0.103. The van der Waals surface area contributed by atoms with E-state index in [1.165, 1.54) is 18.2 Å². The Morgan fingerprint density at radius 3 is 2.38 bits per heavy atom. The summed E-state index contributed by atoms with van der Waals surface area (Å²) in [7, 11) is 0. The number of carbonyl (C=O) groups is 2. The fourth-order valence-electron chi connectivity index (χ4n) is 2.66. The number of aromatic hydroxyl groups is 1. The Kier molecular flexibility index (Phi) is 7.59. The van der Waals surface area contributed by atoms with Crippen molar-refractivity contribution in [2.75, 3.05) is 13.1 Å². The predicted octanol–water partition coefficient (Wildman–Crippen LogP) is 4.09. The lowest BCUT2D eigenvalue weighted by Crippen LogP contribution is -2.36. The Hall–Kier alpha value is -3.09. The SMILES string of the molecule is CC(C)(C)OC(=O)NCCCN(Cc1ccc(F)cc1)C(=O)c1ccccc1O. The number of hydrogen-bond acceptors (Lipinski definition) is 4. The quantitative estimate of drug-likeness (QED) is 0.684. The van der Waals surface area contributed by atoms with E-state index in [0.717, 1.165) is 5.56 Å². The van der Waals surface area contributed by atoms with Crippen LogP contribution in [0.2, 0.25) is 0 Å². The topological polar surface area (TPSA) is 78.9 Å². The number of carbonyl (C=O) groups excluding carboxylic acids is 2. The van der Waals surface area contributed by atoms with Crippen LogP contribution >= 0.6 is 0 Å². The molecule has 7 heteroatoms. The van der Waals surface area contributed by atoms with Crippen molar-refractivity contribution >= 4 is 12.0 Å². The van der Waals surface area contributed by atoms with Gasteiger partial charge in [-0.1, -0.05) is 24.3 Å². The molecule has 0 unspecified atom stereocenters. The number of phenols is 1. The number of ether oxygens (including phenoxy) is 1. The Labute approximate surface area is 170 Å². The summed E-state index contributed by atoms with van der Waals surface area (Å²) in [6.07, 6.45) is -0.0330. The number of benzene rings is 2. The van der Waals surface area contributed by atoms with Crippen molar-refractivity contribution in [3.8, 4) is 5.75 Å². The van der Waals surface area contributed by atoms with Crippen LogP contribution in [0.15, 0.2) is 48.5 Å². The van der Waals surface area contributed by atoms with Gasteiger partial charge in [0.25, 0.3) is 5.91 Å². The van der Waals surface area contributed by atoms with Crippen LogP contribution in [-0.4, -0.2) is 40.7 Å². The van der Waals surface area contributed by atoms with Gasteiger partial charge in [-0.05, 0) is 57.0 Å². The molecule has 0 aliphatic rings.